The third-order valence-corrected chi connectivity index (χ3v) is 5.99. The normalized spacial score (nSPS) is 17.6. The molecule has 0 unspecified atom stereocenters. The Morgan fingerprint density at radius 1 is 1.13 bits per heavy atom. The average molecular weight is 460 g/mol. The Labute approximate surface area is 195 Å². The van der Waals surface area contributed by atoms with Crippen molar-refractivity contribution in [2.75, 3.05) is 5.32 Å². The number of anilines is 1. The van der Waals surface area contributed by atoms with Crippen LogP contribution in [0.25, 0.3) is 0 Å². The van der Waals surface area contributed by atoms with Gasteiger partial charge in [0, 0.05) is 11.8 Å². The maximum absolute atomic E-state index is 12.2. The van der Waals surface area contributed by atoms with Gasteiger partial charge >= 0.3 is 0 Å². The number of hydrogen-bond donors (Lipinski definition) is 2. The van der Waals surface area contributed by atoms with Gasteiger partial charge in [0.25, 0.3) is 0 Å². The summed E-state index contributed by atoms with van der Waals surface area (Å²) in [5.74, 6) is -0.506. The SMILES string of the molecule is CC(C=CC1=C(C)CCCC1(C)C)=CC=CC(C)=CC(=O)Nc1cc(Cl)c(O)c(Cl)c1. The van der Waals surface area contributed by atoms with Crippen LogP contribution in [-0.4, -0.2) is 11.0 Å². The van der Waals surface area contributed by atoms with Crippen molar-refractivity contribution in [1.29, 1.82) is 0 Å². The highest BCUT2D eigenvalue weighted by molar-refractivity contribution is 6.37. The van der Waals surface area contributed by atoms with E-state index in [1.54, 1.807) is 0 Å². The molecule has 0 bridgehead atoms. The number of carbonyl (C=O) groups excluding carboxylic acids is 1. The summed E-state index contributed by atoms with van der Waals surface area (Å²) in [7, 11) is 0. The summed E-state index contributed by atoms with van der Waals surface area (Å²) < 4.78 is 0. The van der Waals surface area contributed by atoms with Gasteiger partial charge in [-0.1, -0.05) is 78.6 Å². The van der Waals surface area contributed by atoms with E-state index in [1.165, 1.54) is 48.6 Å². The highest BCUT2D eigenvalue weighted by Crippen LogP contribution is 2.40. The molecule has 31 heavy (non-hydrogen) atoms. The first-order valence-electron chi connectivity index (χ1n) is 10.4. The molecule has 0 aliphatic heterocycles. The molecule has 0 heterocycles. The summed E-state index contributed by atoms with van der Waals surface area (Å²) in [5.41, 5.74) is 5.52. The summed E-state index contributed by atoms with van der Waals surface area (Å²) in [6.07, 6.45) is 15.4. The molecule has 0 aromatic heterocycles. The lowest BCUT2D eigenvalue weighted by molar-refractivity contribution is -0.111. The molecule has 1 aromatic rings. The van der Waals surface area contributed by atoms with Crippen molar-refractivity contribution in [3.8, 4) is 5.75 Å². The van der Waals surface area contributed by atoms with E-state index in [0.29, 0.717) is 5.69 Å². The smallest absolute Gasteiger partial charge is 0.248 e. The topological polar surface area (TPSA) is 49.3 Å². The first-order chi connectivity index (χ1) is 14.5. The second-order valence-corrected chi connectivity index (χ2v) is 9.52. The molecular weight excluding hydrogens is 429 g/mol. The van der Waals surface area contributed by atoms with Gasteiger partial charge in [-0.25, -0.2) is 0 Å². The number of carbonyl (C=O) groups is 1. The lowest BCUT2D eigenvalue weighted by Gasteiger charge is -2.32. The van der Waals surface area contributed by atoms with Crippen LogP contribution in [0, 0.1) is 5.41 Å². The fraction of sp³-hybridized carbons (Fsp3) is 0.346. The van der Waals surface area contributed by atoms with Crippen molar-refractivity contribution in [3.63, 3.8) is 0 Å². The Hall–Kier alpha value is -2.23. The number of amides is 1. The van der Waals surface area contributed by atoms with Crippen LogP contribution in [0.1, 0.15) is 53.9 Å². The van der Waals surface area contributed by atoms with E-state index in [1.807, 2.05) is 25.2 Å². The Bertz CT molecular complexity index is 972. The summed E-state index contributed by atoms with van der Waals surface area (Å²) in [4.78, 5) is 12.2. The van der Waals surface area contributed by atoms with Gasteiger partial charge < -0.3 is 10.4 Å². The highest BCUT2D eigenvalue weighted by atomic mass is 35.5. The number of nitrogens with one attached hydrogen (secondary N) is 1. The zero-order valence-electron chi connectivity index (χ0n) is 18.9. The summed E-state index contributed by atoms with van der Waals surface area (Å²) >= 11 is 11.8. The molecule has 0 fully saturated rings. The maximum atomic E-state index is 12.2. The molecule has 2 N–H and O–H groups in total. The quantitative estimate of drug-likeness (QED) is 0.256. The Morgan fingerprint density at radius 3 is 2.39 bits per heavy atom. The van der Waals surface area contributed by atoms with E-state index in [9.17, 15) is 9.90 Å². The van der Waals surface area contributed by atoms with E-state index in [-0.39, 0.29) is 27.1 Å². The van der Waals surface area contributed by atoms with E-state index in [2.05, 4.69) is 45.2 Å². The van der Waals surface area contributed by atoms with Gasteiger partial charge in [-0.2, -0.15) is 0 Å². The van der Waals surface area contributed by atoms with Crippen molar-refractivity contribution in [2.24, 2.45) is 5.41 Å². The van der Waals surface area contributed by atoms with Crippen LogP contribution in [0.3, 0.4) is 0 Å². The number of phenolic OH excluding ortho intramolecular Hbond substituents is 1. The van der Waals surface area contributed by atoms with Crippen LogP contribution in [-0.2, 0) is 4.79 Å². The molecule has 0 radical (unpaired) electrons. The van der Waals surface area contributed by atoms with Crippen LogP contribution in [0.5, 0.6) is 5.75 Å². The zero-order valence-corrected chi connectivity index (χ0v) is 20.4. The Morgan fingerprint density at radius 2 is 1.77 bits per heavy atom. The first-order valence-corrected chi connectivity index (χ1v) is 11.2. The fourth-order valence-electron chi connectivity index (χ4n) is 3.70. The molecule has 0 spiro atoms. The van der Waals surface area contributed by atoms with Gasteiger partial charge in [-0.15, -0.1) is 0 Å². The van der Waals surface area contributed by atoms with E-state index < -0.39 is 0 Å². The molecule has 1 aliphatic rings. The number of phenols is 1. The highest BCUT2D eigenvalue weighted by Gasteiger charge is 2.26. The van der Waals surface area contributed by atoms with Crippen LogP contribution < -0.4 is 5.32 Å². The molecule has 0 saturated carbocycles. The van der Waals surface area contributed by atoms with Crippen molar-refractivity contribution in [3.05, 3.63) is 80.9 Å². The number of hydrogen-bond acceptors (Lipinski definition) is 2. The van der Waals surface area contributed by atoms with Crippen molar-refractivity contribution < 1.29 is 9.90 Å². The second kappa shape index (κ2) is 10.9. The molecule has 1 amide bonds. The van der Waals surface area contributed by atoms with Crippen molar-refractivity contribution >= 4 is 34.8 Å². The molecule has 5 heteroatoms. The standard InChI is InChI=1S/C26H31Cl2NO2/c1-17(11-12-21-19(3)10-7-13-26(21,4)5)8-6-9-18(2)14-24(30)29-20-15-22(27)25(31)23(28)16-20/h6,8-9,11-12,14-16,31H,7,10,13H2,1-5H3,(H,29,30). The number of benzene rings is 1. The third-order valence-electron chi connectivity index (χ3n) is 5.42. The summed E-state index contributed by atoms with van der Waals surface area (Å²) in [6.45, 7) is 10.8. The molecule has 0 atom stereocenters. The van der Waals surface area contributed by atoms with Crippen molar-refractivity contribution in [1.82, 2.24) is 0 Å². The molecule has 166 valence electrons. The minimum Gasteiger partial charge on any atom is -0.505 e. The number of halogens is 2. The van der Waals surface area contributed by atoms with Crippen LogP contribution in [0.2, 0.25) is 10.0 Å². The summed E-state index contributed by atoms with van der Waals surface area (Å²) in [6, 6.07) is 2.89. The maximum Gasteiger partial charge on any atom is 0.248 e. The largest absolute Gasteiger partial charge is 0.505 e. The van der Waals surface area contributed by atoms with Crippen LogP contribution in [0.4, 0.5) is 5.69 Å². The zero-order chi connectivity index (χ0) is 23.2. The molecule has 1 aliphatic carbocycles. The lowest BCUT2D eigenvalue weighted by Crippen LogP contribution is -2.19. The first kappa shape index (κ1) is 25.0. The molecule has 1 aromatic carbocycles. The van der Waals surface area contributed by atoms with Gasteiger partial charge in [0.05, 0.1) is 10.0 Å². The molecular formula is C26H31Cl2NO2. The number of allylic oxidation sites excluding steroid dienone is 9. The monoisotopic (exact) mass is 459 g/mol. The van der Waals surface area contributed by atoms with Gasteiger partial charge in [-0.3, -0.25) is 4.79 Å². The molecule has 3 nitrogen and oxygen atoms in total. The Balaban J connectivity index is 2.00. The predicted octanol–water partition coefficient (Wildman–Crippen LogP) is 8.17. The third kappa shape index (κ3) is 7.45. The van der Waals surface area contributed by atoms with Gasteiger partial charge in [0.15, 0.2) is 5.75 Å². The minimum absolute atomic E-state index is 0.0830. The van der Waals surface area contributed by atoms with Gasteiger partial charge in [0.1, 0.15) is 0 Å². The fourth-order valence-corrected chi connectivity index (χ4v) is 4.19. The predicted molar refractivity (Wildman–Crippen MR) is 133 cm³/mol. The second-order valence-electron chi connectivity index (χ2n) is 8.70. The van der Waals surface area contributed by atoms with E-state index in [4.69, 9.17) is 23.2 Å². The Kier molecular flexibility index (Phi) is 8.79. The lowest BCUT2D eigenvalue weighted by atomic mass is 9.72. The van der Waals surface area contributed by atoms with E-state index in [0.717, 1.165) is 11.1 Å². The van der Waals surface area contributed by atoms with Crippen LogP contribution in [0.15, 0.2) is 70.9 Å². The van der Waals surface area contributed by atoms with E-state index >= 15 is 0 Å². The number of rotatable bonds is 6. The van der Waals surface area contributed by atoms with Crippen LogP contribution >= 0.6 is 23.2 Å². The average Bonchev–Trinajstić information content (AvgIpc) is 2.65. The molecule has 2 rings (SSSR count). The van der Waals surface area contributed by atoms with Crippen molar-refractivity contribution in [2.45, 2.75) is 53.9 Å². The van der Waals surface area contributed by atoms with Gasteiger partial charge in [-0.05, 0) is 68.7 Å². The number of aromatic hydroxyl groups is 1. The summed E-state index contributed by atoms with van der Waals surface area (Å²) in [5, 5.41) is 12.4. The van der Waals surface area contributed by atoms with Gasteiger partial charge in [0.2, 0.25) is 5.91 Å². The molecule has 0 saturated heterocycles. The minimum atomic E-state index is -0.303.